The highest BCUT2D eigenvalue weighted by Gasteiger charge is 2.24. The third-order valence-electron chi connectivity index (χ3n) is 5.07. The van der Waals surface area contributed by atoms with Crippen LogP contribution in [0.5, 0.6) is 0 Å². The molecule has 6 nitrogen and oxygen atoms in total. The molecule has 0 bridgehead atoms. The number of nitrogens with one attached hydrogen (secondary N) is 2. The Morgan fingerprint density at radius 3 is 2.07 bits per heavy atom. The van der Waals surface area contributed by atoms with E-state index in [0.717, 1.165) is 51.4 Å². The average Bonchev–Trinajstić information content (AvgIpc) is 2.65. The number of Topliss-reactive ketones (excluding diaryl/α,β-unsaturated/α-hetero) is 1. The maximum absolute atomic E-state index is 12.6. The van der Waals surface area contributed by atoms with Gasteiger partial charge in [0.1, 0.15) is 0 Å². The minimum atomic E-state index is -0.295. The summed E-state index contributed by atoms with van der Waals surface area (Å²) in [7, 11) is 0. The van der Waals surface area contributed by atoms with Gasteiger partial charge in [-0.1, -0.05) is 65.4 Å². The van der Waals surface area contributed by atoms with E-state index in [9.17, 15) is 14.4 Å². The molecule has 0 spiro atoms. The molecule has 2 amide bonds. The Balaban J connectivity index is 4.83. The van der Waals surface area contributed by atoms with Crippen molar-refractivity contribution in [2.75, 3.05) is 0 Å². The molecule has 0 saturated carbocycles. The molecular formula is C22H41N3O3. The van der Waals surface area contributed by atoms with Gasteiger partial charge in [0.15, 0.2) is 5.78 Å². The van der Waals surface area contributed by atoms with Crippen LogP contribution in [0.25, 0.3) is 0 Å². The number of hydrogen-bond acceptors (Lipinski definition) is 4. The van der Waals surface area contributed by atoms with Gasteiger partial charge in [0.2, 0.25) is 11.8 Å². The summed E-state index contributed by atoms with van der Waals surface area (Å²) < 4.78 is 0. The van der Waals surface area contributed by atoms with Crippen molar-refractivity contribution in [3.05, 3.63) is 11.8 Å². The molecule has 0 aromatic rings. The van der Waals surface area contributed by atoms with Gasteiger partial charge >= 0.3 is 0 Å². The molecule has 4 N–H and O–H groups in total. The molecule has 0 aliphatic rings. The lowest BCUT2D eigenvalue weighted by molar-refractivity contribution is -0.127. The summed E-state index contributed by atoms with van der Waals surface area (Å²) in [6.07, 6.45) is 9.61. The zero-order valence-corrected chi connectivity index (χ0v) is 18.5. The Hall–Kier alpha value is -1.69. The zero-order chi connectivity index (χ0) is 21.5. The van der Waals surface area contributed by atoms with Crippen LogP contribution in [-0.2, 0) is 14.4 Å². The fourth-order valence-electron chi connectivity index (χ4n) is 3.06. The first kappa shape index (κ1) is 26.3. The van der Waals surface area contributed by atoms with Gasteiger partial charge in [0.25, 0.3) is 0 Å². The first-order valence-corrected chi connectivity index (χ1v) is 10.8. The van der Waals surface area contributed by atoms with Crippen molar-refractivity contribution < 1.29 is 14.4 Å². The molecule has 162 valence electrons. The third kappa shape index (κ3) is 11.2. The van der Waals surface area contributed by atoms with E-state index < -0.39 is 0 Å². The molecule has 0 rings (SSSR count). The van der Waals surface area contributed by atoms with Gasteiger partial charge in [-0.25, -0.2) is 0 Å². The highest BCUT2D eigenvalue weighted by atomic mass is 16.2. The van der Waals surface area contributed by atoms with Crippen LogP contribution in [0.2, 0.25) is 0 Å². The Bertz CT molecular complexity index is 517. The summed E-state index contributed by atoms with van der Waals surface area (Å²) in [5.74, 6) is -0.841. The van der Waals surface area contributed by atoms with Gasteiger partial charge in [0, 0.05) is 25.4 Å². The van der Waals surface area contributed by atoms with Gasteiger partial charge in [-0.3, -0.25) is 14.4 Å². The summed E-state index contributed by atoms with van der Waals surface area (Å²) in [6.45, 7) is 9.22. The Morgan fingerprint density at radius 1 is 1.00 bits per heavy atom. The number of carbonyl (C=O) groups is 3. The molecule has 6 heteroatoms. The number of nitrogens with two attached hydrogens (primary N) is 1. The predicted molar refractivity (Wildman–Crippen MR) is 115 cm³/mol. The SMILES string of the molecule is CC=C(NC(=O)CC(CCCCC)NC(=O)C(C)C(N)CCCCC)C(C)=O. The number of hydrogen-bond donors (Lipinski definition) is 3. The summed E-state index contributed by atoms with van der Waals surface area (Å²) in [5, 5.41) is 5.66. The second-order valence-electron chi connectivity index (χ2n) is 7.66. The topological polar surface area (TPSA) is 101 Å². The second kappa shape index (κ2) is 15.3. The van der Waals surface area contributed by atoms with Crippen molar-refractivity contribution in [1.29, 1.82) is 0 Å². The fourth-order valence-corrected chi connectivity index (χ4v) is 3.06. The van der Waals surface area contributed by atoms with E-state index in [1.807, 2.05) is 6.92 Å². The van der Waals surface area contributed by atoms with E-state index in [1.54, 1.807) is 13.0 Å². The van der Waals surface area contributed by atoms with Crippen LogP contribution in [0.15, 0.2) is 11.8 Å². The number of amides is 2. The van der Waals surface area contributed by atoms with Crippen LogP contribution in [0.3, 0.4) is 0 Å². The van der Waals surface area contributed by atoms with Crippen LogP contribution in [-0.4, -0.2) is 29.7 Å². The first-order chi connectivity index (χ1) is 13.3. The van der Waals surface area contributed by atoms with Crippen LogP contribution in [0.4, 0.5) is 0 Å². The molecule has 0 aromatic heterocycles. The van der Waals surface area contributed by atoms with Gasteiger partial charge in [-0.15, -0.1) is 0 Å². The quantitative estimate of drug-likeness (QED) is 0.291. The van der Waals surface area contributed by atoms with Crippen LogP contribution < -0.4 is 16.4 Å². The van der Waals surface area contributed by atoms with Gasteiger partial charge < -0.3 is 16.4 Å². The summed E-state index contributed by atoms with van der Waals surface area (Å²) in [5.41, 5.74) is 6.48. The molecule has 0 heterocycles. The van der Waals surface area contributed by atoms with E-state index in [1.165, 1.54) is 6.92 Å². The molecule has 0 aliphatic heterocycles. The number of allylic oxidation sites excluding steroid dienone is 2. The van der Waals surface area contributed by atoms with Gasteiger partial charge in [-0.05, 0) is 19.8 Å². The number of unbranched alkanes of at least 4 members (excludes halogenated alkanes) is 4. The Kier molecular flexibility index (Phi) is 14.3. The summed E-state index contributed by atoms with van der Waals surface area (Å²) in [4.78, 5) is 36.5. The lowest BCUT2D eigenvalue weighted by atomic mass is 9.95. The average molecular weight is 396 g/mol. The van der Waals surface area contributed by atoms with Crippen LogP contribution >= 0.6 is 0 Å². The standard InChI is InChI=1S/C22H41N3O3/c1-6-9-11-13-18(15-21(27)25-20(8-3)17(5)26)24-22(28)16(4)19(23)14-12-10-7-2/h8,16,18-19H,6-7,9-15,23H2,1-5H3,(H,24,28)(H,25,27). The number of rotatable bonds is 15. The molecule has 0 fully saturated rings. The molecule has 0 aromatic carbocycles. The number of carbonyl (C=O) groups excluding carboxylic acids is 3. The molecule has 0 saturated heterocycles. The highest BCUT2D eigenvalue weighted by molar-refractivity contribution is 5.97. The third-order valence-corrected chi connectivity index (χ3v) is 5.07. The zero-order valence-electron chi connectivity index (χ0n) is 18.5. The van der Waals surface area contributed by atoms with Crippen LogP contribution in [0, 0.1) is 5.92 Å². The molecule has 0 radical (unpaired) electrons. The maximum Gasteiger partial charge on any atom is 0.226 e. The van der Waals surface area contributed by atoms with E-state index >= 15 is 0 Å². The van der Waals surface area contributed by atoms with Crippen molar-refractivity contribution in [1.82, 2.24) is 10.6 Å². The summed E-state index contributed by atoms with van der Waals surface area (Å²) >= 11 is 0. The fraction of sp³-hybridized carbons (Fsp3) is 0.773. The Morgan fingerprint density at radius 2 is 1.57 bits per heavy atom. The summed E-state index contributed by atoms with van der Waals surface area (Å²) in [6, 6.07) is -0.432. The first-order valence-electron chi connectivity index (χ1n) is 10.8. The van der Waals surface area contributed by atoms with Crippen molar-refractivity contribution >= 4 is 17.6 Å². The lowest BCUT2D eigenvalue weighted by Gasteiger charge is -2.24. The molecule has 28 heavy (non-hydrogen) atoms. The van der Waals surface area contributed by atoms with Crippen LogP contribution in [0.1, 0.15) is 92.4 Å². The van der Waals surface area contributed by atoms with E-state index in [-0.39, 0.29) is 47.7 Å². The van der Waals surface area contributed by atoms with E-state index in [2.05, 4.69) is 24.5 Å². The van der Waals surface area contributed by atoms with Crippen molar-refractivity contribution in [2.24, 2.45) is 11.7 Å². The van der Waals surface area contributed by atoms with Crippen molar-refractivity contribution in [3.8, 4) is 0 Å². The van der Waals surface area contributed by atoms with Gasteiger partial charge in [0.05, 0.1) is 11.6 Å². The minimum absolute atomic E-state index is 0.101. The smallest absolute Gasteiger partial charge is 0.226 e. The Labute approximate surface area is 171 Å². The number of ketones is 1. The van der Waals surface area contributed by atoms with E-state index in [0.29, 0.717) is 0 Å². The molecule has 3 unspecified atom stereocenters. The lowest BCUT2D eigenvalue weighted by Crippen LogP contribution is -2.46. The van der Waals surface area contributed by atoms with Crippen molar-refractivity contribution in [3.63, 3.8) is 0 Å². The molecule has 0 aliphatic carbocycles. The van der Waals surface area contributed by atoms with E-state index in [4.69, 9.17) is 5.73 Å². The van der Waals surface area contributed by atoms with Crippen molar-refractivity contribution in [2.45, 2.75) is 104 Å². The predicted octanol–water partition coefficient (Wildman–Crippen LogP) is 3.59. The highest BCUT2D eigenvalue weighted by Crippen LogP contribution is 2.13. The normalized spacial score (nSPS) is 14.9. The monoisotopic (exact) mass is 395 g/mol. The largest absolute Gasteiger partial charge is 0.353 e. The molecular weight excluding hydrogens is 354 g/mol. The minimum Gasteiger partial charge on any atom is -0.353 e. The maximum atomic E-state index is 12.6. The van der Waals surface area contributed by atoms with Gasteiger partial charge in [-0.2, -0.15) is 0 Å². The second-order valence-corrected chi connectivity index (χ2v) is 7.66. The molecule has 3 atom stereocenters.